The molecule has 7 nitrogen and oxygen atoms in total. The highest BCUT2D eigenvalue weighted by Gasteiger charge is 2.41. The molecule has 0 aliphatic carbocycles. The number of hydrogen-bond acceptors (Lipinski definition) is 4. The molecular weight excluding hydrogens is 252 g/mol. The molecule has 2 heterocycles. The molecule has 0 saturated carbocycles. The third-order valence-corrected chi connectivity index (χ3v) is 3.79. The predicted molar refractivity (Wildman–Crippen MR) is 65.8 cm³/mol. The van der Waals surface area contributed by atoms with E-state index in [1.54, 1.807) is 12.0 Å². The summed E-state index contributed by atoms with van der Waals surface area (Å²) in [5, 5.41) is 18.7. The van der Waals surface area contributed by atoms with E-state index in [-0.39, 0.29) is 25.1 Å². The number of carboxylic acid groups (broad SMARTS) is 1. The van der Waals surface area contributed by atoms with E-state index in [2.05, 4.69) is 0 Å². The van der Waals surface area contributed by atoms with Crippen LogP contribution in [0.2, 0.25) is 0 Å². The maximum absolute atomic E-state index is 12.3. The maximum Gasteiger partial charge on any atom is 0.326 e. The minimum absolute atomic E-state index is 0.00787. The summed E-state index contributed by atoms with van der Waals surface area (Å²) >= 11 is 0. The van der Waals surface area contributed by atoms with Crippen molar-refractivity contribution in [3.8, 4) is 0 Å². The molecule has 2 aliphatic heterocycles. The number of carbonyl (C=O) groups excluding carboxylic acids is 1. The van der Waals surface area contributed by atoms with Gasteiger partial charge in [0.05, 0.1) is 12.2 Å². The third kappa shape index (κ3) is 2.98. The van der Waals surface area contributed by atoms with Gasteiger partial charge in [-0.2, -0.15) is 0 Å². The van der Waals surface area contributed by atoms with Gasteiger partial charge in [-0.1, -0.05) is 0 Å². The smallest absolute Gasteiger partial charge is 0.326 e. The lowest BCUT2D eigenvalue weighted by atomic mass is 10.1. The summed E-state index contributed by atoms with van der Waals surface area (Å²) in [4.78, 5) is 26.3. The Bertz CT molecular complexity index is 362. The van der Waals surface area contributed by atoms with E-state index in [1.165, 1.54) is 4.90 Å². The first kappa shape index (κ1) is 14.1. The first-order valence-corrected chi connectivity index (χ1v) is 6.52. The molecule has 108 valence electrons. The average Bonchev–Trinajstić information content (AvgIpc) is 2.80. The van der Waals surface area contributed by atoms with Gasteiger partial charge in [-0.15, -0.1) is 0 Å². The largest absolute Gasteiger partial charge is 0.480 e. The van der Waals surface area contributed by atoms with E-state index in [1.807, 2.05) is 0 Å². The number of rotatable bonds is 2. The van der Waals surface area contributed by atoms with E-state index < -0.39 is 18.1 Å². The highest BCUT2D eigenvalue weighted by Crippen LogP contribution is 2.22. The van der Waals surface area contributed by atoms with Crippen LogP contribution < -0.4 is 0 Å². The molecule has 7 heteroatoms. The molecule has 0 radical (unpaired) electrons. The summed E-state index contributed by atoms with van der Waals surface area (Å²) in [6.45, 7) is 1.18. The number of likely N-dealkylation sites (tertiary alicyclic amines) is 2. The second-order valence-corrected chi connectivity index (χ2v) is 5.12. The van der Waals surface area contributed by atoms with E-state index in [4.69, 9.17) is 9.84 Å². The number of methoxy groups -OCH3 is 1. The second-order valence-electron chi connectivity index (χ2n) is 5.12. The molecule has 2 aliphatic rings. The van der Waals surface area contributed by atoms with Gasteiger partial charge >= 0.3 is 12.0 Å². The van der Waals surface area contributed by atoms with Gasteiger partial charge in [-0.3, -0.25) is 0 Å². The summed E-state index contributed by atoms with van der Waals surface area (Å²) in [6.07, 6.45) is 1.10. The minimum atomic E-state index is -1.06. The zero-order valence-electron chi connectivity index (χ0n) is 11.0. The number of aliphatic carboxylic acids is 1. The van der Waals surface area contributed by atoms with Gasteiger partial charge < -0.3 is 24.7 Å². The number of amides is 2. The lowest BCUT2D eigenvalue weighted by Gasteiger charge is -2.35. The fourth-order valence-electron chi connectivity index (χ4n) is 2.75. The number of ether oxygens (including phenoxy) is 1. The molecule has 2 saturated heterocycles. The zero-order valence-corrected chi connectivity index (χ0v) is 11.0. The number of β-amino-alcohol motifs (C(OH)–C–C–N with tert-alkyl or cyclic N) is 1. The zero-order chi connectivity index (χ0) is 14.0. The standard InChI is InChI=1S/C12H20N2O5/c1-19-9-3-2-4-13(7-9)12(18)14-6-8(15)5-10(14)11(16)17/h8-10,15H,2-7H2,1H3,(H,16,17)/t8?,9?,10-/m0/s1. The van der Waals surface area contributed by atoms with Crippen LogP contribution in [0.15, 0.2) is 0 Å². The lowest BCUT2D eigenvalue weighted by Crippen LogP contribution is -2.52. The second kappa shape index (κ2) is 5.75. The Morgan fingerprint density at radius 2 is 2.05 bits per heavy atom. The minimum Gasteiger partial charge on any atom is -0.480 e. The molecule has 0 aromatic heterocycles. The SMILES string of the molecule is COC1CCCN(C(=O)N2CC(O)C[C@H]2C(=O)O)C1. The molecule has 3 atom stereocenters. The third-order valence-electron chi connectivity index (χ3n) is 3.79. The van der Waals surface area contributed by atoms with Crippen LogP contribution in [0.3, 0.4) is 0 Å². The molecule has 0 aromatic carbocycles. The first-order valence-electron chi connectivity index (χ1n) is 6.52. The Morgan fingerprint density at radius 3 is 2.68 bits per heavy atom. The van der Waals surface area contributed by atoms with E-state index in [0.29, 0.717) is 13.1 Å². The number of hydrogen-bond donors (Lipinski definition) is 2. The van der Waals surface area contributed by atoms with Gasteiger partial charge in [0.1, 0.15) is 6.04 Å². The monoisotopic (exact) mass is 272 g/mol. The Kier molecular flexibility index (Phi) is 4.26. The topological polar surface area (TPSA) is 90.3 Å². The van der Waals surface area contributed by atoms with Crippen molar-refractivity contribution in [3.05, 3.63) is 0 Å². The van der Waals surface area contributed by atoms with Crippen molar-refractivity contribution in [2.24, 2.45) is 0 Å². The molecule has 0 aromatic rings. The average molecular weight is 272 g/mol. The van der Waals surface area contributed by atoms with Gasteiger partial charge in [0.2, 0.25) is 0 Å². The van der Waals surface area contributed by atoms with Crippen LogP contribution in [0.5, 0.6) is 0 Å². The number of aliphatic hydroxyl groups excluding tert-OH is 1. The van der Waals surface area contributed by atoms with Crippen molar-refractivity contribution >= 4 is 12.0 Å². The van der Waals surface area contributed by atoms with Crippen LogP contribution >= 0.6 is 0 Å². The summed E-state index contributed by atoms with van der Waals surface area (Å²) in [5.74, 6) is -1.06. The van der Waals surface area contributed by atoms with Crippen LogP contribution in [0.4, 0.5) is 4.79 Å². The Balaban J connectivity index is 2.03. The van der Waals surface area contributed by atoms with Crippen molar-refractivity contribution in [3.63, 3.8) is 0 Å². The quantitative estimate of drug-likeness (QED) is 0.722. The molecule has 2 unspecified atom stereocenters. The van der Waals surface area contributed by atoms with Crippen molar-refractivity contribution < 1.29 is 24.5 Å². The summed E-state index contributed by atoms with van der Waals surface area (Å²) < 4.78 is 5.25. The lowest BCUT2D eigenvalue weighted by molar-refractivity contribution is -0.141. The van der Waals surface area contributed by atoms with Crippen LogP contribution in [-0.4, -0.2) is 77.0 Å². The predicted octanol–water partition coefficient (Wildman–Crippen LogP) is -0.263. The number of piperidine rings is 1. The van der Waals surface area contributed by atoms with Crippen molar-refractivity contribution in [1.29, 1.82) is 0 Å². The van der Waals surface area contributed by atoms with Crippen LogP contribution in [0, 0.1) is 0 Å². The Morgan fingerprint density at radius 1 is 1.32 bits per heavy atom. The first-order chi connectivity index (χ1) is 9.02. The van der Waals surface area contributed by atoms with Gasteiger partial charge in [-0.25, -0.2) is 9.59 Å². The van der Waals surface area contributed by atoms with E-state index in [0.717, 1.165) is 12.8 Å². The van der Waals surface area contributed by atoms with Gasteiger partial charge in [0, 0.05) is 33.2 Å². The molecule has 19 heavy (non-hydrogen) atoms. The molecule has 2 N–H and O–H groups in total. The van der Waals surface area contributed by atoms with Crippen molar-refractivity contribution in [1.82, 2.24) is 9.80 Å². The van der Waals surface area contributed by atoms with Gasteiger partial charge in [-0.05, 0) is 12.8 Å². The van der Waals surface area contributed by atoms with Crippen LogP contribution in [-0.2, 0) is 9.53 Å². The number of aliphatic hydroxyl groups is 1. The van der Waals surface area contributed by atoms with Crippen LogP contribution in [0.25, 0.3) is 0 Å². The molecule has 0 spiro atoms. The van der Waals surface area contributed by atoms with Crippen molar-refractivity contribution in [2.75, 3.05) is 26.7 Å². The van der Waals surface area contributed by atoms with E-state index in [9.17, 15) is 14.7 Å². The number of carbonyl (C=O) groups is 2. The number of urea groups is 1. The molecular formula is C12H20N2O5. The summed E-state index contributed by atoms with van der Waals surface area (Å²) in [6, 6.07) is -1.24. The summed E-state index contributed by atoms with van der Waals surface area (Å²) in [5.41, 5.74) is 0. The fourth-order valence-corrected chi connectivity index (χ4v) is 2.75. The number of carboxylic acids is 1. The maximum atomic E-state index is 12.3. The Labute approximate surface area is 111 Å². The fraction of sp³-hybridized carbons (Fsp3) is 0.833. The highest BCUT2D eigenvalue weighted by molar-refractivity contribution is 5.83. The molecule has 2 amide bonds. The van der Waals surface area contributed by atoms with Crippen molar-refractivity contribution in [2.45, 2.75) is 37.5 Å². The Hall–Kier alpha value is -1.34. The highest BCUT2D eigenvalue weighted by atomic mass is 16.5. The molecule has 0 bridgehead atoms. The molecule has 2 fully saturated rings. The van der Waals surface area contributed by atoms with Crippen LogP contribution in [0.1, 0.15) is 19.3 Å². The summed E-state index contributed by atoms with van der Waals surface area (Å²) in [7, 11) is 1.61. The van der Waals surface area contributed by atoms with Gasteiger partial charge in [0.15, 0.2) is 0 Å². The van der Waals surface area contributed by atoms with Gasteiger partial charge in [0.25, 0.3) is 0 Å². The molecule has 2 rings (SSSR count). The van der Waals surface area contributed by atoms with E-state index >= 15 is 0 Å². The normalized spacial score (nSPS) is 31.6. The number of nitrogens with zero attached hydrogens (tertiary/aromatic N) is 2.